The van der Waals surface area contributed by atoms with Crippen molar-refractivity contribution in [1.82, 2.24) is 14.5 Å². The molecule has 0 fully saturated rings. The van der Waals surface area contributed by atoms with Gasteiger partial charge >= 0.3 is 0 Å². The van der Waals surface area contributed by atoms with Crippen molar-refractivity contribution in [2.24, 2.45) is 12.2 Å². The van der Waals surface area contributed by atoms with Crippen LogP contribution >= 0.6 is 0 Å². The molecule has 0 aliphatic carbocycles. The third-order valence-corrected chi connectivity index (χ3v) is 2.73. The van der Waals surface area contributed by atoms with E-state index < -0.39 is 0 Å². The minimum Gasteiger partial charge on any atom is -0.325 e. The van der Waals surface area contributed by atoms with E-state index in [1.165, 1.54) is 0 Å². The number of fused-ring (bicyclic) bond motifs is 3. The Morgan fingerprint density at radius 1 is 1.29 bits per heavy atom. The molecule has 0 unspecified atom stereocenters. The molecule has 6 heteroatoms. The molecular weight excluding hydrogens is 216 g/mol. The Balaban J connectivity index is 2.53. The first kappa shape index (κ1) is 9.62. The van der Waals surface area contributed by atoms with Gasteiger partial charge in [0.15, 0.2) is 5.95 Å². The number of azide groups is 1. The molecule has 1 aromatic carbocycles. The fourth-order valence-electron chi connectivity index (χ4n) is 1.98. The normalized spacial score (nSPS) is 10.6. The van der Waals surface area contributed by atoms with Gasteiger partial charge in [-0.05, 0) is 34.9 Å². The average Bonchev–Trinajstić information content (AvgIpc) is 2.67. The first-order valence-corrected chi connectivity index (χ1v) is 5.06. The quantitative estimate of drug-likeness (QED) is 0.361. The second-order valence-corrected chi connectivity index (χ2v) is 3.66. The van der Waals surface area contributed by atoms with Crippen molar-refractivity contribution in [3.05, 3.63) is 40.9 Å². The smallest absolute Gasteiger partial charge is 0.197 e. The van der Waals surface area contributed by atoms with Crippen LogP contribution in [0, 0.1) is 0 Å². The van der Waals surface area contributed by atoms with Crippen LogP contribution in [0.5, 0.6) is 0 Å². The van der Waals surface area contributed by atoms with Crippen molar-refractivity contribution in [2.75, 3.05) is 0 Å². The third kappa shape index (κ3) is 1.32. The summed E-state index contributed by atoms with van der Waals surface area (Å²) in [5.41, 5.74) is 11.1. The number of imidazole rings is 1. The number of nitrogens with zero attached hydrogens (tertiary/aromatic N) is 6. The highest BCUT2D eigenvalue weighted by Crippen LogP contribution is 2.27. The first-order chi connectivity index (χ1) is 8.31. The Labute approximate surface area is 96.2 Å². The van der Waals surface area contributed by atoms with Crippen LogP contribution in [0.4, 0.5) is 5.95 Å². The molecule has 3 rings (SSSR count). The Hall–Kier alpha value is -2.59. The van der Waals surface area contributed by atoms with Crippen molar-refractivity contribution in [3.8, 4) is 0 Å². The van der Waals surface area contributed by atoms with Gasteiger partial charge in [0.25, 0.3) is 0 Å². The molecule has 17 heavy (non-hydrogen) atoms. The molecule has 0 atom stereocenters. The molecule has 6 nitrogen and oxygen atoms in total. The lowest BCUT2D eigenvalue weighted by molar-refractivity contribution is 0.942. The number of pyridine rings is 1. The van der Waals surface area contributed by atoms with Crippen molar-refractivity contribution in [3.63, 3.8) is 0 Å². The fourth-order valence-corrected chi connectivity index (χ4v) is 1.98. The highest BCUT2D eigenvalue weighted by molar-refractivity contribution is 6.03. The summed E-state index contributed by atoms with van der Waals surface area (Å²) in [5.74, 6) is 0.360. The number of hydrogen-bond donors (Lipinski definition) is 0. The molecule has 0 N–H and O–H groups in total. The van der Waals surface area contributed by atoms with Crippen LogP contribution in [0.15, 0.2) is 35.6 Å². The van der Waals surface area contributed by atoms with Gasteiger partial charge in [-0.15, -0.1) is 0 Å². The third-order valence-electron chi connectivity index (χ3n) is 2.73. The monoisotopic (exact) mass is 224 g/mol. The van der Waals surface area contributed by atoms with Gasteiger partial charge in [-0.2, -0.15) is 0 Å². The molecule has 0 aliphatic heterocycles. The maximum atomic E-state index is 8.48. The number of aryl methyl sites for hydroxylation is 1. The summed E-state index contributed by atoms with van der Waals surface area (Å²) in [6.07, 6.45) is 1.75. The fraction of sp³-hybridized carbons (Fsp3) is 0.0909. The zero-order chi connectivity index (χ0) is 11.8. The van der Waals surface area contributed by atoms with Gasteiger partial charge in [0.1, 0.15) is 0 Å². The lowest BCUT2D eigenvalue weighted by atomic mass is 10.2. The van der Waals surface area contributed by atoms with Crippen LogP contribution in [0.3, 0.4) is 0 Å². The zero-order valence-electron chi connectivity index (χ0n) is 9.07. The standard InChI is InChI=1S/C11H8N6/c1-17-10-7-3-2-6-13-8(7)4-5-9(10)14-11(17)15-16-12/h2-6H,1H3. The van der Waals surface area contributed by atoms with E-state index in [0.29, 0.717) is 5.95 Å². The molecule has 0 aliphatic rings. The van der Waals surface area contributed by atoms with Crippen LogP contribution in [0.25, 0.3) is 32.4 Å². The van der Waals surface area contributed by atoms with Gasteiger partial charge in [0.05, 0.1) is 16.6 Å². The summed E-state index contributed by atoms with van der Waals surface area (Å²) in [6, 6.07) is 7.64. The average molecular weight is 224 g/mol. The first-order valence-electron chi connectivity index (χ1n) is 5.06. The summed E-state index contributed by atoms with van der Waals surface area (Å²) >= 11 is 0. The number of aromatic nitrogens is 3. The number of hydrogen-bond acceptors (Lipinski definition) is 3. The molecule has 0 amide bonds. The van der Waals surface area contributed by atoms with Gasteiger partial charge in [-0.1, -0.05) is 0 Å². The van der Waals surface area contributed by atoms with Gasteiger partial charge in [0.2, 0.25) is 0 Å². The molecule has 3 aromatic rings. The molecule has 0 saturated carbocycles. The van der Waals surface area contributed by atoms with E-state index in [9.17, 15) is 0 Å². The second kappa shape index (κ2) is 3.47. The molecule has 0 saturated heterocycles. The molecule has 0 bridgehead atoms. The zero-order valence-corrected chi connectivity index (χ0v) is 9.07. The Kier molecular flexibility index (Phi) is 1.96. The maximum Gasteiger partial charge on any atom is 0.197 e. The Morgan fingerprint density at radius 2 is 2.12 bits per heavy atom. The van der Waals surface area contributed by atoms with E-state index in [-0.39, 0.29) is 0 Å². The van der Waals surface area contributed by atoms with E-state index >= 15 is 0 Å². The van der Waals surface area contributed by atoms with Gasteiger partial charge in [-0.3, -0.25) is 4.98 Å². The van der Waals surface area contributed by atoms with Crippen LogP contribution in [-0.2, 0) is 7.05 Å². The number of benzene rings is 1. The van der Waals surface area contributed by atoms with Crippen molar-refractivity contribution in [2.45, 2.75) is 0 Å². The lowest BCUT2D eigenvalue weighted by Gasteiger charge is -2.00. The molecule has 82 valence electrons. The van der Waals surface area contributed by atoms with Crippen molar-refractivity contribution < 1.29 is 0 Å². The predicted molar refractivity (Wildman–Crippen MR) is 64.8 cm³/mol. The van der Waals surface area contributed by atoms with Crippen LogP contribution in [0.2, 0.25) is 0 Å². The highest BCUT2D eigenvalue weighted by atomic mass is 15.3. The molecular formula is C11H8N6. The summed E-state index contributed by atoms with van der Waals surface area (Å²) in [7, 11) is 1.83. The van der Waals surface area contributed by atoms with E-state index in [0.717, 1.165) is 21.9 Å². The predicted octanol–water partition coefficient (Wildman–Crippen LogP) is 3.06. The summed E-state index contributed by atoms with van der Waals surface area (Å²) in [5, 5.41) is 4.56. The molecule has 2 aromatic heterocycles. The largest absolute Gasteiger partial charge is 0.325 e. The highest BCUT2D eigenvalue weighted by Gasteiger charge is 2.09. The van der Waals surface area contributed by atoms with Crippen LogP contribution in [-0.4, -0.2) is 14.5 Å². The van der Waals surface area contributed by atoms with Gasteiger partial charge < -0.3 is 4.57 Å². The molecule has 0 radical (unpaired) electrons. The van der Waals surface area contributed by atoms with E-state index in [2.05, 4.69) is 20.0 Å². The van der Waals surface area contributed by atoms with E-state index in [1.807, 2.05) is 31.3 Å². The summed E-state index contributed by atoms with van der Waals surface area (Å²) < 4.78 is 1.78. The molecule has 2 heterocycles. The summed E-state index contributed by atoms with van der Waals surface area (Å²) in [6.45, 7) is 0. The maximum absolute atomic E-state index is 8.48. The van der Waals surface area contributed by atoms with Crippen molar-refractivity contribution >= 4 is 27.9 Å². The Morgan fingerprint density at radius 3 is 2.94 bits per heavy atom. The Bertz CT molecular complexity index is 766. The van der Waals surface area contributed by atoms with Gasteiger partial charge in [-0.25, -0.2) is 4.98 Å². The SMILES string of the molecule is Cn1c(N=[N+]=[N-])nc2ccc3ncccc3c21. The van der Waals surface area contributed by atoms with E-state index in [4.69, 9.17) is 5.53 Å². The minimum atomic E-state index is 0.360. The van der Waals surface area contributed by atoms with Gasteiger partial charge in [0, 0.05) is 23.5 Å². The second-order valence-electron chi connectivity index (χ2n) is 3.66. The van der Waals surface area contributed by atoms with Crippen LogP contribution in [0.1, 0.15) is 0 Å². The lowest BCUT2D eigenvalue weighted by Crippen LogP contribution is -1.88. The molecule has 0 spiro atoms. The van der Waals surface area contributed by atoms with Crippen LogP contribution < -0.4 is 0 Å². The van der Waals surface area contributed by atoms with E-state index in [1.54, 1.807) is 10.8 Å². The topological polar surface area (TPSA) is 79.5 Å². The summed E-state index contributed by atoms with van der Waals surface area (Å²) in [4.78, 5) is 11.3. The minimum absolute atomic E-state index is 0.360. The number of rotatable bonds is 1. The van der Waals surface area contributed by atoms with Crippen molar-refractivity contribution in [1.29, 1.82) is 0 Å².